The summed E-state index contributed by atoms with van der Waals surface area (Å²) >= 11 is 0. The summed E-state index contributed by atoms with van der Waals surface area (Å²) in [7, 11) is 0. The Kier molecular flexibility index (Phi) is 9.08. The summed E-state index contributed by atoms with van der Waals surface area (Å²) in [6.45, 7) is 10.4. The van der Waals surface area contributed by atoms with Crippen LogP contribution in [0.15, 0.2) is 12.7 Å². The first-order valence-electron chi connectivity index (χ1n) is 7.29. The van der Waals surface area contributed by atoms with Gasteiger partial charge >= 0.3 is 0 Å². The Morgan fingerprint density at radius 2 is 2.16 bits per heavy atom. The van der Waals surface area contributed by atoms with Crippen molar-refractivity contribution in [3.63, 3.8) is 0 Å². The first-order chi connectivity index (χ1) is 9.22. The van der Waals surface area contributed by atoms with E-state index in [2.05, 4.69) is 6.58 Å². The second-order valence-electron chi connectivity index (χ2n) is 5.04. The van der Waals surface area contributed by atoms with Crippen molar-refractivity contribution in [1.82, 2.24) is 0 Å². The molecule has 4 nitrogen and oxygen atoms in total. The predicted molar refractivity (Wildman–Crippen MR) is 75.2 cm³/mol. The molecule has 1 saturated heterocycles. The smallest absolute Gasteiger partial charge is 0.158 e. The van der Waals surface area contributed by atoms with Crippen molar-refractivity contribution >= 4 is 0 Å². The third-order valence-corrected chi connectivity index (χ3v) is 3.04. The average molecular weight is 272 g/mol. The van der Waals surface area contributed by atoms with Gasteiger partial charge in [0.05, 0.1) is 25.4 Å². The van der Waals surface area contributed by atoms with Crippen molar-refractivity contribution in [3.05, 3.63) is 12.7 Å². The zero-order valence-corrected chi connectivity index (χ0v) is 12.3. The molecule has 0 amide bonds. The lowest BCUT2D eigenvalue weighted by Crippen LogP contribution is -2.29. The minimum atomic E-state index is -0.0396. The molecule has 0 spiro atoms. The van der Waals surface area contributed by atoms with Gasteiger partial charge < -0.3 is 18.9 Å². The quantitative estimate of drug-likeness (QED) is 0.452. The minimum Gasteiger partial charge on any atom is -0.379 e. The van der Waals surface area contributed by atoms with Crippen LogP contribution >= 0.6 is 0 Å². The van der Waals surface area contributed by atoms with Gasteiger partial charge in [-0.2, -0.15) is 0 Å². The lowest BCUT2D eigenvalue weighted by atomic mass is 10.2. The maximum Gasteiger partial charge on any atom is 0.158 e. The fourth-order valence-electron chi connectivity index (χ4n) is 1.93. The first kappa shape index (κ1) is 16.6. The third kappa shape index (κ3) is 8.37. The van der Waals surface area contributed by atoms with Crippen molar-refractivity contribution in [2.75, 3.05) is 26.4 Å². The fraction of sp³-hybridized carbons (Fsp3) is 0.867. The van der Waals surface area contributed by atoms with Crippen LogP contribution in [0.5, 0.6) is 0 Å². The van der Waals surface area contributed by atoms with E-state index in [1.54, 1.807) is 6.08 Å². The highest BCUT2D eigenvalue weighted by Gasteiger charge is 2.17. The molecule has 0 radical (unpaired) electrons. The van der Waals surface area contributed by atoms with Gasteiger partial charge in [-0.15, -0.1) is 6.58 Å². The monoisotopic (exact) mass is 272 g/mol. The maximum absolute atomic E-state index is 5.77. The number of hydrogen-bond donors (Lipinski definition) is 0. The van der Waals surface area contributed by atoms with Gasteiger partial charge in [-0.3, -0.25) is 0 Å². The van der Waals surface area contributed by atoms with Gasteiger partial charge in [0.1, 0.15) is 0 Å². The van der Waals surface area contributed by atoms with Crippen molar-refractivity contribution < 1.29 is 18.9 Å². The number of ether oxygens (including phenoxy) is 4. The standard InChI is InChI=1S/C15H28O4/c1-4-9-17-13(2)8-11-16-12-14(3)19-15-7-5-6-10-18-15/h4,13-15H,1,5-12H2,2-3H3/t13-,14+,15?/m1/s1. The first-order valence-corrected chi connectivity index (χ1v) is 7.29. The summed E-state index contributed by atoms with van der Waals surface area (Å²) < 4.78 is 22.4. The van der Waals surface area contributed by atoms with E-state index in [4.69, 9.17) is 18.9 Å². The molecule has 0 saturated carbocycles. The molecule has 0 bridgehead atoms. The van der Waals surface area contributed by atoms with Crippen LogP contribution in [0.25, 0.3) is 0 Å². The largest absolute Gasteiger partial charge is 0.379 e. The van der Waals surface area contributed by atoms with Gasteiger partial charge in [-0.1, -0.05) is 6.08 Å². The normalized spacial score (nSPS) is 22.9. The van der Waals surface area contributed by atoms with Gasteiger partial charge in [0.2, 0.25) is 0 Å². The van der Waals surface area contributed by atoms with Crippen LogP contribution < -0.4 is 0 Å². The van der Waals surface area contributed by atoms with E-state index < -0.39 is 0 Å². The van der Waals surface area contributed by atoms with Crippen LogP contribution in [0.1, 0.15) is 39.5 Å². The maximum atomic E-state index is 5.77. The van der Waals surface area contributed by atoms with Gasteiger partial charge in [-0.05, 0) is 39.5 Å². The Morgan fingerprint density at radius 3 is 2.84 bits per heavy atom. The van der Waals surface area contributed by atoms with Crippen LogP contribution in [0.3, 0.4) is 0 Å². The molecular formula is C15H28O4. The van der Waals surface area contributed by atoms with E-state index in [1.165, 1.54) is 6.42 Å². The molecule has 19 heavy (non-hydrogen) atoms. The molecule has 1 fully saturated rings. The summed E-state index contributed by atoms with van der Waals surface area (Å²) in [5, 5.41) is 0. The van der Waals surface area contributed by atoms with Gasteiger partial charge in [0.15, 0.2) is 6.29 Å². The Bertz CT molecular complexity index is 226. The van der Waals surface area contributed by atoms with E-state index >= 15 is 0 Å². The van der Waals surface area contributed by atoms with E-state index in [1.807, 2.05) is 13.8 Å². The predicted octanol–water partition coefficient (Wildman–Crippen LogP) is 2.92. The summed E-state index contributed by atoms with van der Waals surface area (Å²) in [4.78, 5) is 0. The summed E-state index contributed by atoms with van der Waals surface area (Å²) in [6, 6.07) is 0. The molecule has 0 N–H and O–H groups in total. The highest BCUT2D eigenvalue weighted by Crippen LogP contribution is 2.15. The van der Waals surface area contributed by atoms with Gasteiger partial charge in [0.25, 0.3) is 0 Å². The molecule has 1 rings (SSSR count). The molecule has 0 aliphatic carbocycles. The molecule has 0 aromatic rings. The molecular weight excluding hydrogens is 244 g/mol. The van der Waals surface area contributed by atoms with Crippen molar-refractivity contribution in [2.24, 2.45) is 0 Å². The SMILES string of the molecule is C=CCO[C@H](C)CCOC[C@H](C)OC1CCCCO1. The summed E-state index contributed by atoms with van der Waals surface area (Å²) in [6.07, 6.45) is 6.23. The summed E-state index contributed by atoms with van der Waals surface area (Å²) in [5.41, 5.74) is 0. The second-order valence-corrected chi connectivity index (χ2v) is 5.04. The molecule has 1 heterocycles. The number of hydrogen-bond acceptors (Lipinski definition) is 4. The average Bonchev–Trinajstić information content (AvgIpc) is 2.42. The minimum absolute atomic E-state index is 0.0396. The van der Waals surface area contributed by atoms with Crippen molar-refractivity contribution in [1.29, 1.82) is 0 Å². The molecule has 3 atom stereocenters. The Morgan fingerprint density at radius 1 is 1.32 bits per heavy atom. The Hall–Kier alpha value is -0.420. The highest BCUT2D eigenvalue weighted by atomic mass is 16.7. The van der Waals surface area contributed by atoms with E-state index in [-0.39, 0.29) is 18.5 Å². The van der Waals surface area contributed by atoms with Crippen LogP contribution in [-0.4, -0.2) is 44.9 Å². The van der Waals surface area contributed by atoms with Gasteiger partial charge in [0, 0.05) is 13.2 Å². The number of rotatable bonds is 10. The molecule has 1 aliphatic rings. The van der Waals surface area contributed by atoms with Gasteiger partial charge in [-0.25, -0.2) is 0 Å². The molecule has 0 aromatic carbocycles. The lowest BCUT2D eigenvalue weighted by Gasteiger charge is -2.26. The Labute approximate surface area is 117 Å². The zero-order chi connectivity index (χ0) is 13.9. The zero-order valence-electron chi connectivity index (χ0n) is 12.3. The van der Waals surface area contributed by atoms with Crippen LogP contribution in [0.4, 0.5) is 0 Å². The molecule has 1 unspecified atom stereocenters. The highest BCUT2D eigenvalue weighted by molar-refractivity contribution is 4.65. The molecule has 1 aliphatic heterocycles. The van der Waals surface area contributed by atoms with E-state index in [0.29, 0.717) is 19.8 Å². The van der Waals surface area contributed by atoms with Crippen molar-refractivity contribution in [2.45, 2.75) is 58.0 Å². The Balaban J connectivity index is 1.97. The van der Waals surface area contributed by atoms with Crippen LogP contribution in [0, 0.1) is 0 Å². The second kappa shape index (κ2) is 10.4. The molecule has 112 valence electrons. The molecule has 0 aromatic heterocycles. The van der Waals surface area contributed by atoms with Crippen molar-refractivity contribution in [3.8, 4) is 0 Å². The fourth-order valence-corrected chi connectivity index (χ4v) is 1.93. The van der Waals surface area contributed by atoms with E-state index in [0.717, 1.165) is 25.9 Å². The topological polar surface area (TPSA) is 36.9 Å². The summed E-state index contributed by atoms with van der Waals surface area (Å²) in [5.74, 6) is 0. The lowest BCUT2D eigenvalue weighted by molar-refractivity contribution is -0.194. The van der Waals surface area contributed by atoms with E-state index in [9.17, 15) is 0 Å². The van der Waals surface area contributed by atoms with Crippen LogP contribution in [-0.2, 0) is 18.9 Å². The third-order valence-electron chi connectivity index (χ3n) is 3.04. The molecule has 4 heteroatoms. The van der Waals surface area contributed by atoms with Crippen LogP contribution in [0.2, 0.25) is 0 Å².